The number of aromatic nitrogens is 5. The predicted molar refractivity (Wildman–Crippen MR) is 121 cm³/mol. The van der Waals surface area contributed by atoms with Crippen LogP contribution in [0.15, 0.2) is 47.8 Å². The van der Waals surface area contributed by atoms with Gasteiger partial charge in [-0.1, -0.05) is 55.4 Å². The third-order valence-corrected chi connectivity index (χ3v) is 6.13. The van der Waals surface area contributed by atoms with Crippen molar-refractivity contribution in [2.45, 2.75) is 43.6 Å². The summed E-state index contributed by atoms with van der Waals surface area (Å²) in [6.07, 6.45) is 3.09. The number of amides is 1. The van der Waals surface area contributed by atoms with Crippen LogP contribution in [0.1, 0.15) is 26.7 Å². The first kappa shape index (κ1) is 20.6. The lowest BCUT2D eigenvalue weighted by Crippen LogP contribution is -2.25. The Labute approximate surface area is 183 Å². The number of pyridine rings is 1. The molecule has 0 bridgehead atoms. The van der Waals surface area contributed by atoms with Gasteiger partial charge in [0.05, 0.1) is 15.8 Å². The summed E-state index contributed by atoms with van der Waals surface area (Å²) in [6, 6.07) is 11.5. The molecule has 1 aromatic carbocycles. The predicted octanol–water partition coefficient (Wildman–Crippen LogP) is 4.95. The number of hydrogen-bond acceptors (Lipinski definition) is 6. The average Bonchev–Trinajstić information content (AvgIpc) is 3.07. The van der Waals surface area contributed by atoms with E-state index in [0.717, 1.165) is 35.0 Å². The van der Waals surface area contributed by atoms with Gasteiger partial charge in [0.15, 0.2) is 5.65 Å². The molecule has 7 nitrogen and oxygen atoms in total. The van der Waals surface area contributed by atoms with Crippen molar-refractivity contribution in [3.05, 3.63) is 47.6 Å². The van der Waals surface area contributed by atoms with Crippen LogP contribution in [0.5, 0.6) is 0 Å². The molecule has 0 fully saturated rings. The zero-order valence-electron chi connectivity index (χ0n) is 16.7. The highest BCUT2D eigenvalue weighted by Gasteiger charge is 2.22. The molecule has 0 aliphatic heterocycles. The third kappa shape index (κ3) is 4.11. The second-order valence-electron chi connectivity index (χ2n) is 6.80. The molecule has 4 aromatic rings. The molecule has 0 aliphatic rings. The van der Waals surface area contributed by atoms with Crippen LogP contribution in [-0.4, -0.2) is 35.9 Å². The number of fused-ring (bicyclic) bond motifs is 3. The monoisotopic (exact) mass is 440 g/mol. The van der Waals surface area contributed by atoms with Crippen LogP contribution in [0.25, 0.3) is 22.1 Å². The van der Waals surface area contributed by atoms with Crippen LogP contribution in [-0.2, 0) is 11.3 Å². The van der Waals surface area contributed by atoms with Gasteiger partial charge in [-0.25, -0.2) is 9.97 Å². The number of rotatable bonds is 7. The lowest BCUT2D eigenvalue weighted by atomic mass is 10.2. The van der Waals surface area contributed by atoms with Crippen molar-refractivity contribution in [1.29, 1.82) is 0 Å². The minimum Gasteiger partial charge on any atom is -0.324 e. The van der Waals surface area contributed by atoms with Crippen molar-refractivity contribution < 1.29 is 4.79 Å². The maximum Gasteiger partial charge on any atom is 0.239 e. The Hall–Kier alpha value is -2.71. The van der Waals surface area contributed by atoms with Crippen molar-refractivity contribution in [2.75, 3.05) is 5.32 Å². The summed E-state index contributed by atoms with van der Waals surface area (Å²) >= 11 is 7.16. The summed E-state index contributed by atoms with van der Waals surface area (Å²) in [5.74, 6) is 0.302. The fourth-order valence-corrected chi connectivity index (χ4v) is 4.22. The van der Waals surface area contributed by atoms with E-state index < -0.39 is 0 Å². The maximum atomic E-state index is 12.7. The Kier molecular flexibility index (Phi) is 6.15. The number of halogens is 1. The van der Waals surface area contributed by atoms with Crippen LogP contribution < -0.4 is 5.32 Å². The largest absolute Gasteiger partial charge is 0.324 e. The third-order valence-electron chi connectivity index (χ3n) is 4.69. The Bertz CT molecular complexity index is 1190. The summed E-state index contributed by atoms with van der Waals surface area (Å²) in [4.78, 5) is 21.6. The summed E-state index contributed by atoms with van der Waals surface area (Å²) < 4.78 is 2.17. The number of benzene rings is 1. The molecule has 0 saturated heterocycles. The number of nitrogens with zero attached hydrogens (tertiary/aromatic N) is 5. The molecule has 3 aromatic heterocycles. The number of para-hydroxylation sites is 1. The molecule has 154 valence electrons. The summed E-state index contributed by atoms with van der Waals surface area (Å²) in [7, 11) is 0. The smallest absolute Gasteiger partial charge is 0.239 e. The van der Waals surface area contributed by atoms with Gasteiger partial charge in [0.25, 0.3) is 0 Å². The molecule has 1 amide bonds. The number of carbonyl (C=O) groups excluding carboxylic acids is 1. The van der Waals surface area contributed by atoms with Gasteiger partial charge in [0.1, 0.15) is 11.3 Å². The van der Waals surface area contributed by atoms with Gasteiger partial charge in [-0.15, -0.1) is 10.2 Å². The number of anilines is 1. The van der Waals surface area contributed by atoms with Crippen molar-refractivity contribution in [2.24, 2.45) is 0 Å². The molecule has 0 unspecified atom stereocenters. The summed E-state index contributed by atoms with van der Waals surface area (Å²) in [5.41, 5.74) is 2.67. The van der Waals surface area contributed by atoms with Gasteiger partial charge in [0, 0.05) is 18.1 Å². The van der Waals surface area contributed by atoms with Gasteiger partial charge in [0.2, 0.25) is 11.1 Å². The van der Waals surface area contributed by atoms with E-state index in [4.69, 9.17) is 16.6 Å². The highest BCUT2D eigenvalue weighted by molar-refractivity contribution is 8.00. The average molecular weight is 441 g/mol. The van der Waals surface area contributed by atoms with Gasteiger partial charge in [-0.2, -0.15) is 0 Å². The fraction of sp³-hybridized carbons (Fsp3) is 0.286. The van der Waals surface area contributed by atoms with E-state index >= 15 is 0 Å². The van der Waals surface area contributed by atoms with E-state index in [-0.39, 0.29) is 11.2 Å². The first-order chi connectivity index (χ1) is 14.6. The van der Waals surface area contributed by atoms with Crippen molar-refractivity contribution >= 4 is 57.2 Å². The van der Waals surface area contributed by atoms with E-state index in [1.807, 2.05) is 25.1 Å². The summed E-state index contributed by atoms with van der Waals surface area (Å²) in [6.45, 7) is 4.92. The summed E-state index contributed by atoms with van der Waals surface area (Å²) in [5, 5.41) is 13.2. The van der Waals surface area contributed by atoms with Crippen LogP contribution >= 0.6 is 23.4 Å². The van der Waals surface area contributed by atoms with Crippen LogP contribution in [0.3, 0.4) is 0 Å². The Morgan fingerprint density at radius 2 is 2.03 bits per heavy atom. The van der Waals surface area contributed by atoms with Gasteiger partial charge >= 0.3 is 0 Å². The zero-order valence-corrected chi connectivity index (χ0v) is 18.2. The second kappa shape index (κ2) is 8.97. The molecule has 0 aliphatic carbocycles. The molecule has 0 radical (unpaired) electrons. The van der Waals surface area contributed by atoms with Gasteiger partial charge in [-0.05, 0) is 31.0 Å². The molecule has 1 N–H and O–H groups in total. The topological polar surface area (TPSA) is 85.6 Å². The van der Waals surface area contributed by atoms with E-state index in [9.17, 15) is 4.79 Å². The van der Waals surface area contributed by atoms with Crippen molar-refractivity contribution in [3.8, 4) is 0 Å². The minimum atomic E-state index is -0.370. The standard InChI is InChI=1S/C21H21ClN6OS/c1-3-11-28-15-8-6-5-7-14(15)18-19(28)25-21(27-26-18)30-16(4-2)20(29)24-17-10-9-13(22)12-23-17/h5-10,12,16H,3-4,11H2,1-2H3,(H,23,24,29)/t16-/m0/s1. The number of carbonyl (C=O) groups is 1. The fourth-order valence-electron chi connectivity index (χ4n) is 3.30. The normalized spacial score (nSPS) is 12.4. The number of hydrogen-bond donors (Lipinski definition) is 1. The quantitative estimate of drug-likeness (QED) is 0.409. The van der Waals surface area contributed by atoms with E-state index in [0.29, 0.717) is 22.4 Å². The lowest BCUT2D eigenvalue weighted by Gasteiger charge is -2.13. The highest BCUT2D eigenvalue weighted by Crippen LogP contribution is 2.29. The molecule has 30 heavy (non-hydrogen) atoms. The molecule has 9 heteroatoms. The molecular formula is C21H21ClN6OS. The maximum absolute atomic E-state index is 12.7. The SMILES string of the molecule is CCCn1c2ccccc2c2nnc(S[C@@H](CC)C(=O)Nc3ccc(Cl)cn3)nc21. The first-order valence-electron chi connectivity index (χ1n) is 9.81. The van der Waals surface area contributed by atoms with Crippen LogP contribution in [0, 0.1) is 0 Å². The Morgan fingerprint density at radius 3 is 2.77 bits per heavy atom. The van der Waals surface area contributed by atoms with Crippen LogP contribution in [0.2, 0.25) is 5.02 Å². The molecule has 1 atom stereocenters. The number of thioether (sulfide) groups is 1. The van der Waals surface area contributed by atoms with Crippen molar-refractivity contribution in [1.82, 2.24) is 24.7 Å². The van der Waals surface area contributed by atoms with Crippen molar-refractivity contribution in [3.63, 3.8) is 0 Å². The Balaban J connectivity index is 1.61. The number of aryl methyl sites for hydroxylation is 1. The zero-order chi connectivity index (χ0) is 21.1. The lowest BCUT2D eigenvalue weighted by molar-refractivity contribution is -0.115. The second-order valence-corrected chi connectivity index (χ2v) is 8.41. The van der Waals surface area contributed by atoms with E-state index in [1.165, 1.54) is 18.0 Å². The van der Waals surface area contributed by atoms with Gasteiger partial charge in [-0.3, -0.25) is 4.79 Å². The minimum absolute atomic E-state index is 0.157. The molecule has 0 spiro atoms. The number of nitrogens with one attached hydrogen (secondary N) is 1. The molecule has 0 saturated carbocycles. The first-order valence-corrected chi connectivity index (χ1v) is 11.1. The van der Waals surface area contributed by atoms with E-state index in [1.54, 1.807) is 12.1 Å². The van der Waals surface area contributed by atoms with Crippen LogP contribution in [0.4, 0.5) is 5.82 Å². The molecule has 4 rings (SSSR count). The Morgan fingerprint density at radius 1 is 1.20 bits per heavy atom. The van der Waals surface area contributed by atoms with E-state index in [2.05, 4.69) is 38.1 Å². The highest BCUT2D eigenvalue weighted by atomic mass is 35.5. The molecular weight excluding hydrogens is 420 g/mol. The molecule has 3 heterocycles. The van der Waals surface area contributed by atoms with Gasteiger partial charge < -0.3 is 9.88 Å².